The minimum atomic E-state index is -0.525. The Hall–Kier alpha value is -2.43. The van der Waals surface area contributed by atoms with E-state index in [2.05, 4.69) is 10.3 Å². The van der Waals surface area contributed by atoms with Crippen molar-refractivity contribution in [3.63, 3.8) is 0 Å². The fourth-order valence-corrected chi connectivity index (χ4v) is 2.12. The summed E-state index contributed by atoms with van der Waals surface area (Å²) >= 11 is 0. The Labute approximate surface area is 97.0 Å². The number of aliphatic imine (C=N–C) groups is 1. The van der Waals surface area contributed by atoms with Crippen LogP contribution in [0.4, 0.5) is 5.69 Å². The summed E-state index contributed by atoms with van der Waals surface area (Å²) in [5, 5.41) is 2.19. The highest BCUT2D eigenvalue weighted by molar-refractivity contribution is 6.21. The number of nitrogens with two attached hydrogens (primary N) is 1. The SMILES string of the molecule is NC1=C([C@@H]2C=Nc3ccccc32)C(=O)NC1=O. The number of fused-ring (bicyclic) bond motifs is 1. The van der Waals surface area contributed by atoms with Gasteiger partial charge < -0.3 is 5.73 Å². The number of nitrogens with zero attached hydrogens (tertiary/aromatic N) is 1. The fourth-order valence-electron chi connectivity index (χ4n) is 2.12. The number of hydrogen-bond donors (Lipinski definition) is 2. The lowest BCUT2D eigenvalue weighted by Crippen LogP contribution is -2.25. The van der Waals surface area contributed by atoms with Gasteiger partial charge in [-0.2, -0.15) is 0 Å². The Balaban J connectivity index is 2.12. The summed E-state index contributed by atoms with van der Waals surface area (Å²) in [4.78, 5) is 27.2. The van der Waals surface area contributed by atoms with E-state index < -0.39 is 11.8 Å². The van der Waals surface area contributed by atoms with Crippen molar-refractivity contribution >= 4 is 23.7 Å². The Kier molecular flexibility index (Phi) is 1.89. The molecule has 1 aromatic carbocycles. The van der Waals surface area contributed by atoms with Gasteiger partial charge in [0.05, 0.1) is 17.2 Å². The monoisotopic (exact) mass is 227 g/mol. The zero-order chi connectivity index (χ0) is 12.0. The van der Waals surface area contributed by atoms with Crippen molar-refractivity contribution in [1.29, 1.82) is 0 Å². The Morgan fingerprint density at radius 3 is 2.65 bits per heavy atom. The Morgan fingerprint density at radius 1 is 1.18 bits per heavy atom. The molecule has 0 spiro atoms. The number of carbonyl (C=O) groups is 2. The number of carbonyl (C=O) groups excluding carboxylic acids is 2. The maximum Gasteiger partial charge on any atom is 0.274 e. The van der Waals surface area contributed by atoms with E-state index in [9.17, 15) is 9.59 Å². The maximum atomic E-state index is 11.7. The minimum absolute atomic E-state index is 0.0110. The molecular weight excluding hydrogens is 218 g/mol. The van der Waals surface area contributed by atoms with Gasteiger partial charge in [-0.3, -0.25) is 19.9 Å². The minimum Gasteiger partial charge on any atom is -0.394 e. The van der Waals surface area contributed by atoms with Gasteiger partial charge in [-0.05, 0) is 11.6 Å². The third-order valence-corrected chi connectivity index (χ3v) is 2.95. The van der Waals surface area contributed by atoms with E-state index >= 15 is 0 Å². The number of rotatable bonds is 1. The molecule has 5 nitrogen and oxygen atoms in total. The van der Waals surface area contributed by atoms with E-state index in [4.69, 9.17) is 5.73 Å². The van der Waals surface area contributed by atoms with E-state index in [1.807, 2.05) is 24.3 Å². The third kappa shape index (κ3) is 1.29. The molecule has 0 unspecified atom stereocenters. The fraction of sp³-hybridized carbons (Fsp3) is 0.0833. The van der Waals surface area contributed by atoms with Gasteiger partial charge in [0.25, 0.3) is 11.8 Å². The number of benzene rings is 1. The van der Waals surface area contributed by atoms with Crippen molar-refractivity contribution in [1.82, 2.24) is 5.32 Å². The van der Waals surface area contributed by atoms with Crippen molar-refractivity contribution in [3.05, 3.63) is 41.1 Å². The van der Waals surface area contributed by atoms with Crippen molar-refractivity contribution in [2.24, 2.45) is 10.7 Å². The lowest BCUT2D eigenvalue weighted by atomic mass is 9.92. The molecule has 1 atom stereocenters. The molecule has 84 valence electrons. The summed E-state index contributed by atoms with van der Waals surface area (Å²) in [5.41, 5.74) is 7.63. The van der Waals surface area contributed by atoms with Gasteiger partial charge in [0.15, 0.2) is 0 Å². The summed E-state index contributed by atoms with van der Waals surface area (Å²) < 4.78 is 0. The first-order chi connectivity index (χ1) is 8.18. The number of imide groups is 1. The standard InChI is InChI=1S/C12H9N3O2/c13-10-9(11(16)15-12(10)17)7-5-14-8-4-2-1-3-6(7)8/h1-5,7H,(H3,13,15,16,17)/t7-/m1/s1. The molecule has 0 aliphatic carbocycles. The predicted octanol–water partition coefficient (Wildman–Crippen LogP) is 0.355. The van der Waals surface area contributed by atoms with Crippen LogP contribution in [-0.2, 0) is 9.59 Å². The van der Waals surface area contributed by atoms with Gasteiger partial charge in [0.2, 0.25) is 0 Å². The summed E-state index contributed by atoms with van der Waals surface area (Å²) in [5.74, 6) is -1.28. The first kappa shape index (κ1) is 9.77. The molecule has 2 aliphatic rings. The van der Waals surface area contributed by atoms with Crippen molar-refractivity contribution in [3.8, 4) is 0 Å². The van der Waals surface area contributed by atoms with Gasteiger partial charge in [-0.25, -0.2) is 0 Å². The van der Waals surface area contributed by atoms with Crippen molar-refractivity contribution in [2.75, 3.05) is 0 Å². The van der Waals surface area contributed by atoms with Gasteiger partial charge in [-0.15, -0.1) is 0 Å². The summed E-state index contributed by atoms with van der Waals surface area (Å²) in [6, 6.07) is 7.47. The van der Waals surface area contributed by atoms with E-state index in [1.54, 1.807) is 6.21 Å². The van der Waals surface area contributed by atoms with Crippen LogP contribution in [0.15, 0.2) is 40.5 Å². The zero-order valence-corrected chi connectivity index (χ0v) is 8.81. The topological polar surface area (TPSA) is 84.5 Å². The molecule has 0 radical (unpaired) electrons. The van der Waals surface area contributed by atoms with Crippen LogP contribution in [0.3, 0.4) is 0 Å². The first-order valence-corrected chi connectivity index (χ1v) is 5.17. The molecule has 5 heteroatoms. The second-order valence-electron chi connectivity index (χ2n) is 3.93. The number of para-hydroxylation sites is 1. The molecule has 3 N–H and O–H groups in total. The molecule has 3 rings (SSSR count). The van der Waals surface area contributed by atoms with Crippen LogP contribution in [0.1, 0.15) is 11.5 Å². The van der Waals surface area contributed by atoms with Crippen LogP contribution in [-0.4, -0.2) is 18.0 Å². The molecule has 0 fully saturated rings. The lowest BCUT2D eigenvalue weighted by molar-refractivity contribution is -0.124. The lowest BCUT2D eigenvalue weighted by Gasteiger charge is -2.08. The van der Waals surface area contributed by atoms with Crippen molar-refractivity contribution < 1.29 is 9.59 Å². The number of hydrogen-bond acceptors (Lipinski definition) is 4. The molecule has 0 saturated carbocycles. The van der Waals surface area contributed by atoms with Crippen LogP contribution >= 0.6 is 0 Å². The maximum absolute atomic E-state index is 11.7. The molecule has 1 aromatic rings. The summed E-state index contributed by atoms with van der Waals surface area (Å²) in [7, 11) is 0. The Morgan fingerprint density at radius 2 is 1.94 bits per heavy atom. The van der Waals surface area contributed by atoms with Gasteiger partial charge in [0, 0.05) is 6.21 Å². The molecular formula is C12H9N3O2. The van der Waals surface area contributed by atoms with E-state index in [1.165, 1.54) is 0 Å². The second kappa shape index (κ2) is 3.28. The highest BCUT2D eigenvalue weighted by atomic mass is 16.2. The second-order valence-corrected chi connectivity index (χ2v) is 3.93. The van der Waals surface area contributed by atoms with Crippen LogP contribution in [0.25, 0.3) is 0 Å². The Bertz CT molecular complexity index is 602. The van der Waals surface area contributed by atoms with Gasteiger partial charge in [0.1, 0.15) is 5.70 Å². The third-order valence-electron chi connectivity index (χ3n) is 2.95. The summed E-state index contributed by atoms with van der Waals surface area (Å²) in [6.07, 6.45) is 1.64. The molecule has 2 aliphatic heterocycles. The van der Waals surface area contributed by atoms with Crippen LogP contribution in [0.5, 0.6) is 0 Å². The van der Waals surface area contributed by atoms with Crippen LogP contribution in [0, 0.1) is 0 Å². The van der Waals surface area contributed by atoms with Crippen LogP contribution in [0.2, 0.25) is 0 Å². The molecule has 2 amide bonds. The molecule has 0 bridgehead atoms. The normalized spacial score (nSPS) is 22.0. The number of nitrogens with one attached hydrogen (secondary N) is 1. The summed E-state index contributed by atoms with van der Waals surface area (Å²) in [6.45, 7) is 0. The van der Waals surface area contributed by atoms with E-state index in [-0.39, 0.29) is 11.6 Å². The average molecular weight is 227 g/mol. The van der Waals surface area contributed by atoms with Crippen LogP contribution < -0.4 is 11.1 Å². The molecule has 17 heavy (non-hydrogen) atoms. The zero-order valence-electron chi connectivity index (χ0n) is 8.81. The first-order valence-electron chi connectivity index (χ1n) is 5.17. The van der Waals surface area contributed by atoms with Gasteiger partial charge in [-0.1, -0.05) is 18.2 Å². The highest BCUT2D eigenvalue weighted by Crippen LogP contribution is 2.37. The molecule has 0 saturated heterocycles. The average Bonchev–Trinajstić information content (AvgIpc) is 2.82. The smallest absolute Gasteiger partial charge is 0.274 e. The van der Waals surface area contributed by atoms with E-state index in [0.717, 1.165) is 11.3 Å². The van der Waals surface area contributed by atoms with Crippen molar-refractivity contribution in [2.45, 2.75) is 5.92 Å². The molecule has 0 aromatic heterocycles. The number of amides is 2. The predicted molar refractivity (Wildman–Crippen MR) is 61.7 cm³/mol. The largest absolute Gasteiger partial charge is 0.394 e. The highest BCUT2D eigenvalue weighted by Gasteiger charge is 2.36. The van der Waals surface area contributed by atoms with Gasteiger partial charge >= 0.3 is 0 Å². The quantitative estimate of drug-likeness (QED) is 0.679. The molecule has 2 heterocycles. The van der Waals surface area contributed by atoms with E-state index in [0.29, 0.717) is 5.57 Å².